The summed E-state index contributed by atoms with van der Waals surface area (Å²) in [6, 6.07) is 17.9. The summed E-state index contributed by atoms with van der Waals surface area (Å²) in [5.41, 5.74) is 1.78. The first-order chi connectivity index (χ1) is 15.6. The fourth-order valence-corrected chi connectivity index (χ4v) is 4.74. The van der Waals surface area contributed by atoms with Crippen LogP contribution in [0.2, 0.25) is 0 Å². The molecule has 1 aromatic heterocycles. The number of esters is 1. The van der Waals surface area contributed by atoms with Crippen molar-refractivity contribution in [3.63, 3.8) is 0 Å². The molecule has 33 heavy (non-hydrogen) atoms. The smallest absolute Gasteiger partial charge is 0.341 e. The first kappa shape index (κ1) is 23.1. The van der Waals surface area contributed by atoms with Crippen molar-refractivity contribution in [2.45, 2.75) is 37.2 Å². The second-order valence-electron chi connectivity index (χ2n) is 8.62. The highest BCUT2D eigenvalue weighted by atomic mass is 35.5. The SMILES string of the molecule is COC(=O)c1ccccc1OC1CCN(c2nnc(C3(c4ccccc4)CC3)n2C)CC1.Cl. The fourth-order valence-electron chi connectivity index (χ4n) is 4.74. The molecule has 8 heteroatoms. The average molecular weight is 469 g/mol. The molecular formula is C25H29ClN4O3. The van der Waals surface area contributed by atoms with Gasteiger partial charge in [-0.2, -0.15) is 0 Å². The molecule has 0 radical (unpaired) electrons. The van der Waals surface area contributed by atoms with Crippen molar-refractivity contribution in [2.75, 3.05) is 25.1 Å². The third-order valence-electron chi connectivity index (χ3n) is 6.67. The van der Waals surface area contributed by atoms with E-state index >= 15 is 0 Å². The number of ether oxygens (including phenoxy) is 2. The van der Waals surface area contributed by atoms with E-state index in [-0.39, 0.29) is 29.9 Å². The summed E-state index contributed by atoms with van der Waals surface area (Å²) in [7, 11) is 3.46. The lowest BCUT2D eigenvalue weighted by Gasteiger charge is -2.33. The summed E-state index contributed by atoms with van der Waals surface area (Å²) in [6.07, 6.45) is 3.96. The second kappa shape index (κ2) is 9.43. The van der Waals surface area contributed by atoms with Crippen LogP contribution in [0.1, 0.15) is 47.4 Å². The summed E-state index contributed by atoms with van der Waals surface area (Å²) >= 11 is 0. The normalized spacial score (nSPS) is 17.2. The quantitative estimate of drug-likeness (QED) is 0.506. The van der Waals surface area contributed by atoms with Crippen LogP contribution in [0.4, 0.5) is 5.95 Å². The number of hydrogen-bond donors (Lipinski definition) is 0. The Morgan fingerprint density at radius 1 is 1.00 bits per heavy atom. The van der Waals surface area contributed by atoms with Gasteiger partial charge in [-0.15, -0.1) is 22.6 Å². The monoisotopic (exact) mass is 468 g/mol. The average Bonchev–Trinajstić information content (AvgIpc) is 3.56. The standard InChI is InChI=1S/C25H28N4O3.ClH/c1-28-23(25(14-15-25)18-8-4-3-5-9-18)26-27-24(28)29-16-12-19(13-17-29)32-21-11-7-6-10-20(21)22(30)31-2;/h3-11,19H,12-17H2,1-2H3;1H. The molecule has 0 unspecified atom stereocenters. The molecule has 0 atom stereocenters. The van der Waals surface area contributed by atoms with Gasteiger partial charge in [-0.25, -0.2) is 4.79 Å². The van der Waals surface area contributed by atoms with E-state index in [9.17, 15) is 4.79 Å². The maximum Gasteiger partial charge on any atom is 0.341 e. The lowest BCUT2D eigenvalue weighted by Crippen LogP contribution is -2.39. The van der Waals surface area contributed by atoms with Crippen molar-refractivity contribution in [3.8, 4) is 5.75 Å². The molecule has 1 saturated carbocycles. The summed E-state index contributed by atoms with van der Waals surface area (Å²) < 4.78 is 13.2. The van der Waals surface area contributed by atoms with Crippen molar-refractivity contribution in [2.24, 2.45) is 7.05 Å². The van der Waals surface area contributed by atoms with Gasteiger partial charge in [0.2, 0.25) is 5.95 Å². The van der Waals surface area contributed by atoms with E-state index in [1.807, 2.05) is 18.2 Å². The second-order valence-corrected chi connectivity index (χ2v) is 8.62. The van der Waals surface area contributed by atoms with Crippen molar-refractivity contribution in [3.05, 3.63) is 71.5 Å². The third kappa shape index (κ3) is 4.29. The lowest BCUT2D eigenvalue weighted by molar-refractivity contribution is 0.0591. The maximum atomic E-state index is 12.0. The molecule has 0 spiro atoms. The molecule has 0 N–H and O–H groups in total. The van der Waals surface area contributed by atoms with Crippen molar-refractivity contribution < 1.29 is 14.3 Å². The molecule has 2 aromatic carbocycles. The Bertz CT molecular complexity index is 1110. The van der Waals surface area contributed by atoms with Crippen LogP contribution in [-0.4, -0.2) is 47.0 Å². The number of nitrogens with zero attached hydrogens (tertiary/aromatic N) is 4. The van der Waals surface area contributed by atoms with Crippen LogP contribution in [0, 0.1) is 0 Å². The Balaban J connectivity index is 0.00000259. The summed E-state index contributed by atoms with van der Waals surface area (Å²) in [5.74, 6) is 2.16. The van der Waals surface area contributed by atoms with Gasteiger partial charge in [-0.05, 0) is 30.5 Å². The van der Waals surface area contributed by atoms with Gasteiger partial charge in [0.25, 0.3) is 0 Å². The first-order valence-corrected chi connectivity index (χ1v) is 11.2. The van der Waals surface area contributed by atoms with E-state index in [0.29, 0.717) is 11.3 Å². The van der Waals surface area contributed by atoms with Crippen LogP contribution in [-0.2, 0) is 17.2 Å². The zero-order chi connectivity index (χ0) is 22.1. The Labute approximate surface area is 200 Å². The van der Waals surface area contributed by atoms with Crippen LogP contribution >= 0.6 is 12.4 Å². The summed E-state index contributed by atoms with van der Waals surface area (Å²) in [4.78, 5) is 14.3. The molecule has 1 aliphatic heterocycles. The van der Waals surface area contributed by atoms with Gasteiger partial charge in [0, 0.05) is 33.0 Å². The molecule has 2 aliphatic rings. The lowest BCUT2D eigenvalue weighted by atomic mass is 9.95. The molecule has 2 fully saturated rings. The predicted molar refractivity (Wildman–Crippen MR) is 128 cm³/mol. The highest BCUT2D eigenvalue weighted by Gasteiger charge is 2.50. The van der Waals surface area contributed by atoms with Crippen LogP contribution in [0.15, 0.2) is 54.6 Å². The first-order valence-electron chi connectivity index (χ1n) is 11.2. The van der Waals surface area contributed by atoms with Crippen LogP contribution in [0.25, 0.3) is 0 Å². The van der Waals surface area contributed by atoms with E-state index < -0.39 is 0 Å². The fraction of sp³-hybridized carbons (Fsp3) is 0.400. The number of carbonyl (C=O) groups is 1. The largest absolute Gasteiger partial charge is 0.489 e. The summed E-state index contributed by atoms with van der Waals surface area (Å²) in [6.45, 7) is 1.66. The molecule has 1 saturated heterocycles. The Morgan fingerprint density at radius 2 is 1.67 bits per heavy atom. The van der Waals surface area contributed by atoms with Crippen LogP contribution < -0.4 is 9.64 Å². The van der Waals surface area contributed by atoms with E-state index in [4.69, 9.17) is 9.47 Å². The van der Waals surface area contributed by atoms with Crippen molar-refractivity contribution >= 4 is 24.3 Å². The van der Waals surface area contributed by atoms with Crippen LogP contribution in [0.3, 0.4) is 0 Å². The molecule has 3 aromatic rings. The maximum absolute atomic E-state index is 12.0. The highest BCUT2D eigenvalue weighted by molar-refractivity contribution is 5.92. The van der Waals surface area contributed by atoms with E-state index in [1.54, 1.807) is 6.07 Å². The van der Waals surface area contributed by atoms with E-state index in [0.717, 1.165) is 50.5 Å². The highest BCUT2D eigenvalue weighted by Crippen LogP contribution is 2.53. The van der Waals surface area contributed by atoms with Gasteiger partial charge >= 0.3 is 5.97 Å². The molecule has 2 heterocycles. The molecule has 174 valence electrons. The molecule has 0 bridgehead atoms. The number of piperidine rings is 1. The van der Waals surface area contributed by atoms with Gasteiger partial charge in [0.05, 0.1) is 12.5 Å². The topological polar surface area (TPSA) is 69.5 Å². The third-order valence-corrected chi connectivity index (χ3v) is 6.67. The Hall–Kier alpha value is -3.06. The molecule has 1 aliphatic carbocycles. The number of carbonyl (C=O) groups excluding carboxylic acids is 1. The van der Waals surface area contributed by atoms with Gasteiger partial charge in [-0.1, -0.05) is 42.5 Å². The number of halogens is 1. The number of rotatable bonds is 6. The zero-order valence-corrected chi connectivity index (χ0v) is 19.8. The van der Waals surface area contributed by atoms with E-state index in [1.165, 1.54) is 12.7 Å². The van der Waals surface area contributed by atoms with Crippen molar-refractivity contribution in [1.29, 1.82) is 0 Å². The minimum absolute atomic E-state index is 0. The number of hydrogen-bond acceptors (Lipinski definition) is 6. The summed E-state index contributed by atoms with van der Waals surface area (Å²) in [5, 5.41) is 9.18. The molecule has 5 rings (SSSR count). The Kier molecular flexibility index (Phi) is 6.61. The van der Waals surface area contributed by atoms with Gasteiger partial charge < -0.3 is 14.4 Å². The Morgan fingerprint density at radius 3 is 2.33 bits per heavy atom. The molecule has 7 nitrogen and oxygen atoms in total. The number of anilines is 1. The number of aromatic nitrogens is 3. The zero-order valence-electron chi connectivity index (χ0n) is 18.9. The van der Waals surface area contributed by atoms with Gasteiger partial charge in [0.1, 0.15) is 23.2 Å². The minimum Gasteiger partial charge on any atom is -0.489 e. The number of methoxy groups -OCH3 is 1. The van der Waals surface area contributed by atoms with Crippen molar-refractivity contribution in [1.82, 2.24) is 14.8 Å². The molecular weight excluding hydrogens is 440 g/mol. The number of benzene rings is 2. The number of para-hydroxylation sites is 1. The predicted octanol–water partition coefficient (Wildman–Crippen LogP) is 4.15. The van der Waals surface area contributed by atoms with E-state index in [2.05, 4.69) is 57.0 Å². The molecule has 0 amide bonds. The van der Waals surface area contributed by atoms with Gasteiger partial charge in [0.15, 0.2) is 0 Å². The minimum atomic E-state index is -0.378. The van der Waals surface area contributed by atoms with Crippen LogP contribution in [0.5, 0.6) is 5.75 Å². The van der Waals surface area contributed by atoms with Gasteiger partial charge in [-0.3, -0.25) is 4.57 Å².